The number of amides is 1. The van der Waals surface area contributed by atoms with Crippen molar-refractivity contribution in [1.29, 1.82) is 0 Å². The predicted molar refractivity (Wildman–Crippen MR) is 78.6 cm³/mol. The second-order valence-electron chi connectivity index (χ2n) is 4.62. The molecule has 116 valence electrons. The van der Waals surface area contributed by atoms with E-state index in [4.69, 9.17) is 21.1 Å². The molecule has 0 atom stereocenters. The first kappa shape index (κ1) is 15.9. The number of halogens is 1. The molecule has 0 fully saturated rings. The zero-order chi connectivity index (χ0) is 15.5. The van der Waals surface area contributed by atoms with Crippen LogP contribution in [-0.2, 0) is 20.4 Å². The molecule has 6 nitrogen and oxygen atoms in total. The topological polar surface area (TPSA) is 81.7 Å². The Morgan fingerprint density at radius 2 is 2.05 bits per heavy atom. The Labute approximate surface area is 128 Å². The predicted octanol–water partition coefficient (Wildman–Crippen LogP) is 1.16. The number of rotatable bonds is 5. The SMILES string of the molecule is CNC(=O)CCS(=O)(=O)Cc1cc(Cl)c2c(c1)OCCO2. The number of hydrogen-bond acceptors (Lipinski definition) is 5. The molecule has 0 bridgehead atoms. The molecule has 0 spiro atoms. The molecule has 0 aromatic heterocycles. The Kier molecular flexibility index (Phi) is 4.95. The van der Waals surface area contributed by atoms with Crippen molar-refractivity contribution in [2.24, 2.45) is 0 Å². The lowest BCUT2D eigenvalue weighted by Gasteiger charge is -2.20. The number of carbonyl (C=O) groups is 1. The van der Waals surface area contributed by atoms with E-state index in [2.05, 4.69) is 5.32 Å². The summed E-state index contributed by atoms with van der Waals surface area (Å²) < 4.78 is 34.8. The summed E-state index contributed by atoms with van der Waals surface area (Å²) in [5.41, 5.74) is 0.515. The van der Waals surface area contributed by atoms with Gasteiger partial charge in [-0.25, -0.2) is 8.42 Å². The summed E-state index contributed by atoms with van der Waals surface area (Å²) in [6.45, 7) is 0.812. The van der Waals surface area contributed by atoms with Gasteiger partial charge in [0.2, 0.25) is 5.91 Å². The minimum absolute atomic E-state index is 0.0584. The van der Waals surface area contributed by atoms with E-state index in [1.54, 1.807) is 12.1 Å². The zero-order valence-corrected chi connectivity index (χ0v) is 13.1. The van der Waals surface area contributed by atoms with Crippen molar-refractivity contribution < 1.29 is 22.7 Å². The van der Waals surface area contributed by atoms with Gasteiger partial charge in [-0.15, -0.1) is 0 Å². The Morgan fingerprint density at radius 3 is 2.76 bits per heavy atom. The number of ether oxygens (including phenoxy) is 2. The van der Waals surface area contributed by atoms with Crippen LogP contribution in [0, 0.1) is 0 Å². The molecule has 1 amide bonds. The van der Waals surface area contributed by atoms with Crippen molar-refractivity contribution in [2.75, 3.05) is 26.0 Å². The first-order valence-electron chi connectivity index (χ1n) is 6.40. The molecule has 1 aromatic rings. The first-order chi connectivity index (χ1) is 9.91. The highest BCUT2D eigenvalue weighted by Crippen LogP contribution is 2.38. The van der Waals surface area contributed by atoms with Crippen LogP contribution in [0.5, 0.6) is 11.5 Å². The normalized spacial score (nSPS) is 13.8. The van der Waals surface area contributed by atoms with E-state index in [0.717, 1.165) is 0 Å². The first-order valence-corrected chi connectivity index (χ1v) is 8.60. The van der Waals surface area contributed by atoms with Crippen molar-refractivity contribution in [3.63, 3.8) is 0 Å². The minimum Gasteiger partial charge on any atom is -0.486 e. The standard InChI is InChI=1S/C13H16ClNO5S/c1-15-12(16)2-5-21(17,18)8-9-6-10(14)13-11(7-9)19-3-4-20-13/h6-7H,2-5,8H2,1H3,(H,15,16). The third kappa shape index (κ3) is 4.25. The Bertz CT molecular complexity index is 644. The lowest BCUT2D eigenvalue weighted by atomic mass is 10.2. The Balaban J connectivity index is 2.12. The van der Waals surface area contributed by atoms with Gasteiger partial charge in [0.05, 0.1) is 16.5 Å². The number of nitrogens with one attached hydrogen (secondary N) is 1. The maximum atomic E-state index is 12.0. The molecule has 1 aromatic carbocycles. The van der Waals surface area contributed by atoms with Crippen molar-refractivity contribution in [1.82, 2.24) is 5.32 Å². The number of fused-ring (bicyclic) bond motifs is 1. The van der Waals surface area contributed by atoms with Gasteiger partial charge in [0.15, 0.2) is 21.3 Å². The fraction of sp³-hybridized carbons (Fsp3) is 0.462. The maximum Gasteiger partial charge on any atom is 0.220 e. The zero-order valence-electron chi connectivity index (χ0n) is 11.5. The fourth-order valence-electron chi connectivity index (χ4n) is 1.95. The highest BCUT2D eigenvalue weighted by molar-refractivity contribution is 7.90. The molecule has 2 rings (SSSR count). The molecule has 0 radical (unpaired) electrons. The van der Waals surface area contributed by atoms with Gasteiger partial charge in [0, 0.05) is 13.5 Å². The Hall–Kier alpha value is -1.47. The molecule has 1 aliphatic heterocycles. The van der Waals surface area contributed by atoms with Crippen molar-refractivity contribution >= 4 is 27.3 Å². The molecule has 0 saturated carbocycles. The molecule has 0 saturated heterocycles. The number of hydrogen-bond donors (Lipinski definition) is 1. The average Bonchev–Trinajstić information content (AvgIpc) is 2.44. The van der Waals surface area contributed by atoms with Crippen molar-refractivity contribution in [2.45, 2.75) is 12.2 Å². The van der Waals surface area contributed by atoms with E-state index in [1.807, 2.05) is 0 Å². The van der Waals surface area contributed by atoms with Gasteiger partial charge in [-0.3, -0.25) is 4.79 Å². The summed E-state index contributed by atoms with van der Waals surface area (Å²) in [7, 11) is -1.93. The summed E-state index contributed by atoms with van der Waals surface area (Å²) in [4.78, 5) is 11.1. The van der Waals surface area contributed by atoms with Gasteiger partial charge in [-0.1, -0.05) is 11.6 Å². The lowest BCUT2D eigenvalue weighted by molar-refractivity contribution is -0.120. The van der Waals surface area contributed by atoms with Gasteiger partial charge < -0.3 is 14.8 Å². The summed E-state index contributed by atoms with van der Waals surface area (Å²) in [5, 5.41) is 2.71. The van der Waals surface area contributed by atoms with E-state index in [9.17, 15) is 13.2 Å². The van der Waals surface area contributed by atoms with E-state index in [-0.39, 0.29) is 23.8 Å². The summed E-state index contributed by atoms with van der Waals surface area (Å²) >= 11 is 6.06. The van der Waals surface area contributed by atoms with Crippen LogP contribution in [0.25, 0.3) is 0 Å². The van der Waals surface area contributed by atoms with Gasteiger partial charge in [-0.05, 0) is 17.7 Å². The summed E-state index contributed by atoms with van der Waals surface area (Å²) in [6.07, 6.45) is -0.0584. The third-order valence-electron chi connectivity index (χ3n) is 2.96. The van der Waals surface area contributed by atoms with E-state index in [0.29, 0.717) is 35.3 Å². The van der Waals surface area contributed by atoms with Crippen LogP contribution in [0.3, 0.4) is 0 Å². The van der Waals surface area contributed by atoms with E-state index >= 15 is 0 Å². The number of sulfone groups is 1. The van der Waals surface area contributed by atoms with Crippen LogP contribution in [0.1, 0.15) is 12.0 Å². The third-order valence-corrected chi connectivity index (χ3v) is 4.84. The molecule has 1 heterocycles. The Morgan fingerprint density at radius 1 is 1.33 bits per heavy atom. The molecular formula is C13H16ClNO5S. The van der Waals surface area contributed by atoms with Crippen LogP contribution < -0.4 is 14.8 Å². The van der Waals surface area contributed by atoms with E-state index < -0.39 is 9.84 Å². The van der Waals surface area contributed by atoms with Crippen molar-refractivity contribution in [3.8, 4) is 11.5 Å². The van der Waals surface area contributed by atoms with Crippen LogP contribution in [0.15, 0.2) is 12.1 Å². The van der Waals surface area contributed by atoms with Gasteiger partial charge in [-0.2, -0.15) is 0 Å². The maximum absolute atomic E-state index is 12.0. The second kappa shape index (κ2) is 6.53. The van der Waals surface area contributed by atoms with Gasteiger partial charge >= 0.3 is 0 Å². The average molecular weight is 334 g/mol. The van der Waals surface area contributed by atoms with Gasteiger partial charge in [0.1, 0.15) is 13.2 Å². The molecule has 1 aliphatic rings. The molecule has 1 N–H and O–H groups in total. The summed E-state index contributed by atoms with van der Waals surface area (Å²) in [5.74, 6) is 0.178. The molecule has 0 unspecified atom stereocenters. The molecule has 8 heteroatoms. The second-order valence-corrected chi connectivity index (χ2v) is 7.21. The van der Waals surface area contributed by atoms with Crippen LogP contribution in [0.2, 0.25) is 5.02 Å². The molecule has 0 aliphatic carbocycles. The van der Waals surface area contributed by atoms with Crippen LogP contribution in [0.4, 0.5) is 0 Å². The summed E-state index contributed by atoms with van der Waals surface area (Å²) in [6, 6.07) is 3.16. The smallest absolute Gasteiger partial charge is 0.220 e. The van der Waals surface area contributed by atoms with Crippen LogP contribution in [-0.4, -0.2) is 40.3 Å². The molecular weight excluding hydrogens is 318 g/mol. The molecule has 21 heavy (non-hydrogen) atoms. The largest absolute Gasteiger partial charge is 0.486 e. The number of carbonyl (C=O) groups excluding carboxylic acids is 1. The highest BCUT2D eigenvalue weighted by atomic mass is 35.5. The number of benzene rings is 1. The highest BCUT2D eigenvalue weighted by Gasteiger charge is 2.20. The quantitative estimate of drug-likeness (QED) is 0.874. The van der Waals surface area contributed by atoms with Crippen LogP contribution >= 0.6 is 11.6 Å². The fourth-order valence-corrected chi connectivity index (χ4v) is 3.55. The van der Waals surface area contributed by atoms with Gasteiger partial charge in [0.25, 0.3) is 0 Å². The minimum atomic E-state index is -3.40. The lowest BCUT2D eigenvalue weighted by Crippen LogP contribution is -2.22. The van der Waals surface area contributed by atoms with E-state index in [1.165, 1.54) is 7.05 Å². The van der Waals surface area contributed by atoms with Crippen molar-refractivity contribution in [3.05, 3.63) is 22.7 Å². The monoisotopic (exact) mass is 333 g/mol.